The molecule has 0 radical (unpaired) electrons. The minimum Gasteiger partial charge on any atom is -0.363 e. The van der Waals surface area contributed by atoms with Crippen molar-refractivity contribution in [3.05, 3.63) is 51.2 Å². The Balaban J connectivity index is 1.91. The van der Waals surface area contributed by atoms with Crippen molar-refractivity contribution in [3.8, 4) is 0 Å². The Morgan fingerprint density at radius 3 is 2.81 bits per heavy atom. The minimum absolute atomic E-state index is 0.144. The average Bonchev–Trinajstić information content (AvgIpc) is 3.14. The molecule has 1 aromatic carbocycles. The second-order valence-corrected chi connectivity index (χ2v) is 7.36. The maximum Gasteiger partial charge on any atom is 0.0526 e. The van der Waals surface area contributed by atoms with E-state index in [9.17, 15) is 0 Å². The molecule has 2 nitrogen and oxygen atoms in total. The molecule has 0 aliphatic heterocycles. The Labute approximate surface area is 135 Å². The predicted octanol–water partition coefficient (Wildman–Crippen LogP) is 4.46. The fourth-order valence-corrected chi connectivity index (χ4v) is 3.61. The maximum absolute atomic E-state index is 6.19. The number of nitrogens with zero attached hydrogens (tertiary/aromatic N) is 1. The summed E-state index contributed by atoms with van der Waals surface area (Å²) in [6, 6.07) is 11.4. The van der Waals surface area contributed by atoms with Gasteiger partial charge in [0.05, 0.1) is 6.54 Å². The molecule has 1 saturated carbocycles. The van der Waals surface area contributed by atoms with Crippen LogP contribution in [0.25, 0.3) is 0 Å². The molecule has 4 heteroatoms. The predicted molar refractivity (Wildman–Crippen MR) is 92.3 cm³/mol. The highest BCUT2D eigenvalue weighted by atomic mass is 35.5. The van der Waals surface area contributed by atoms with Gasteiger partial charge in [0.25, 0.3) is 0 Å². The molecule has 1 aromatic heterocycles. The summed E-state index contributed by atoms with van der Waals surface area (Å²) in [6.45, 7) is 3.03. The topological polar surface area (TPSA) is 29.3 Å². The van der Waals surface area contributed by atoms with Gasteiger partial charge < -0.3 is 10.6 Å². The van der Waals surface area contributed by atoms with Gasteiger partial charge in [0.1, 0.15) is 0 Å². The van der Waals surface area contributed by atoms with E-state index in [0.29, 0.717) is 6.04 Å². The van der Waals surface area contributed by atoms with E-state index in [0.717, 1.165) is 18.0 Å². The molecular formula is C17H21ClN2S. The highest BCUT2D eigenvalue weighted by Gasteiger charge is 2.30. The monoisotopic (exact) mass is 320 g/mol. The van der Waals surface area contributed by atoms with Crippen LogP contribution in [0.2, 0.25) is 5.02 Å². The average molecular weight is 321 g/mol. The molecule has 3 rings (SSSR count). The number of benzene rings is 1. The summed E-state index contributed by atoms with van der Waals surface area (Å²) in [7, 11) is 0. The first kappa shape index (κ1) is 14.9. The van der Waals surface area contributed by atoms with Gasteiger partial charge in [-0.05, 0) is 61.4 Å². The molecule has 0 bridgehead atoms. The quantitative estimate of drug-likeness (QED) is 0.851. The molecule has 1 fully saturated rings. The largest absolute Gasteiger partial charge is 0.363 e. The van der Waals surface area contributed by atoms with Gasteiger partial charge in [-0.3, -0.25) is 0 Å². The molecular weight excluding hydrogens is 300 g/mol. The Morgan fingerprint density at radius 2 is 2.19 bits per heavy atom. The number of rotatable bonds is 6. The van der Waals surface area contributed by atoms with Crippen LogP contribution in [-0.2, 0) is 13.0 Å². The van der Waals surface area contributed by atoms with E-state index in [-0.39, 0.29) is 6.04 Å². The first-order valence-corrected chi connectivity index (χ1v) is 8.72. The van der Waals surface area contributed by atoms with Crippen molar-refractivity contribution < 1.29 is 0 Å². The van der Waals surface area contributed by atoms with Gasteiger partial charge in [0.15, 0.2) is 0 Å². The zero-order valence-corrected chi connectivity index (χ0v) is 13.8. The van der Waals surface area contributed by atoms with Gasteiger partial charge in [-0.15, -0.1) is 11.3 Å². The normalized spacial score (nSPS) is 16.0. The molecule has 1 heterocycles. The third-order valence-electron chi connectivity index (χ3n) is 3.79. The van der Waals surface area contributed by atoms with E-state index in [1.165, 1.54) is 29.0 Å². The van der Waals surface area contributed by atoms with Crippen molar-refractivity contribution >= 4 is 28.6 Å². The summed E-state index contributed by atoms with van der Waals surface area (Å²) in [5.74, 6) is 0. The Bertz CT molecular complexity index is 591. The van der Waals surface area contributed by atoms with E-state index < -0.39 is 0 Å². The molecule has 0 amide bonds. The minimum atomic E-state index is 0.144. The Morgan fingerprint density at radius 1 is 1.38 bits per heavy atom. The third kappa shape index (κ3) is 3.79. The first-order chi connectivity index (χ1) is 10.1. The van der Waals surface area contributed by atoms with E-state index in [1.807, 2.05) is 24.3 Å². The van der Waals surface area contributed by atoms with Gasteiger partial charge in [-0.25, -0.2) is 0 Å². The Hall–Kier alpha value is -1.03. The lowest BCUT2D eigenvalue weighted by Gasteiger charge is -2.27. The number of anilines is 1. The van der Waals surface area contributed by atoms with E-state index in [4.69, 9.17) is 17.3 Å². The van der Waals surface area contributed by atoms with Gasteiger partial charge in [0, 0.05) is 27.7 Å². The molecule has 0 saturated heterocycles. The summed E-state index contributed by atoms with van der Waals surface area (Å²) < 4.78 is 0. The standard InChI is InChI=1S/C17H21ClN2S/c1-12(19)9-13-10-14(18)4-7-17(13)20(15-5-6-15)11-16-3-2-8-21-16/h2-4,7-8,10,12,15H,5-6,9,11,19H2,1H3. The molecule has 1 atom stereocenters. The SMILES string of the molecule is CC(N)Cc1cc(Cl)ccc1N(Cc1cccs1)C1CC1. The third-order valence-corrected chi connectivity index (χ3v) is 4.88. The fourth-order valence-electron chi connectivity index (χ4n) is 2.71. The highest BCUT2D eigenvalue weighted by molar-refractivity contribution is 7.09. The Kier molecular flexibility index (Phi) is 4.53. The van der Waals surface area contributed by atoms with Crippen LogP contribution >= 0.6 is 22.9 Å². The number of hydrogen-bond donors (Lipinski definition) is 1. The van der Waals surface area contributed by atoms with Crippen LogP contribution in [0.5, 0.6) is 0 Å². The molecule has 112 valence electrons. The fraction of sp³-hybridized carbons (Fsp3) is 0.412. The summed E-state index contributed by atoms with van der Waals surface area (Å²) in [5.41, 5.74) is 8.58. The molecule has 1 aliphatic rings. The van der Waals surface area contributed by atoms with Crippen LogP contribution in [0, 0.1) is 0 Å². The van der Waals surface area contributed by atoms with Crippen molar-refractivity contribution in [1.29, 1.82) is 0 Å². The number of halogens is 1. The lowest BCUT2D eigenvalue weighted by Crippen LogP contribution is -2.27. The zero-order chi connectivity index (χ0) is 14.8. The van der Waals surface area contributed by atoms with Crippen LogP contribution in [0.1, 0.15) is 30.2 Å². The van der Waals surface area contributed by atoms with Crippen LogP contribution in [0.4, 0.5) is 5.69 Å². The van der Waals surface area contributed by atoms with Crippen molar-refractivity contribution in [2.75, 3.05) is 4.90 Å². The lowest BCUT2D eigenvalue weighted by molar-refractivity contribution is 0.725. The first-order valence-electron chi connectivity index (χ1n) is 7.46. The number of nitrogens with two attached hydrogens (primary N) is 1. The highest BCUT2D eigenvalue weighted by Crippen LogP contribution is 2.36. The van der Waals surface area contributed by atoms with Crippen molar-refractivity contribution in [1.82, 2.24) is 0 Å². The van der Waals surface area contributed by atoms with Crippen LogP contribution in [-0.4, -0.2) is 12.1 Å². The van der Waals surface area contributed by atoms with E-state index in [2.05, 4.69) is 34.5 Å². The second-order valence-electron chi connectivity index (χ2n) is 5.89. The summed E-state index contributed by atoms with van der Waals surface area (Å²) in [5, 5.41) is 2.94. The van der Waals surface area contributed by atoms with Gasteiger partial charge >= 0.3 is 0 Å². The van der Waals surface area contributed by atoms with Crippen LogP contribution in [0.15, 0.2) is 35.7 Å². The van der Waals surface area contributed by atoms with Crippen LogP contribution in [0.3, 0.4) is 0 Å². The molecule has 21 heavy (non-hydrogen) atoms. The van der Waals surface area contributed by atoms with Crippen molar-refractivity contribution in [2.24, 2.45) is 5.73 Å². The molecule has 0 spiro atoms. The molecule has 1 unspecified atom stereocenters. The van der Waals surface area contributed by atoms with Gasteiger partial charge in [0.2, 0.25) is 0 Å². The number of hydrogen-bond acceptors (Lipinski definition) is 3. The van der Waals surface area contributed by atoms with Crippen LogP contribution < -0.4 is 10.6 Å². The second kappa shape index (κ2) is 6.39. The molecule has 2 N–H and O–H groups in total. The van der Waals surface area contributed by atoms with Gasteiger partial charge in [-0.2, -0.15) is 0 Å². The molecule has 1 aliphatic carbocycles. The maximum atomic E-state index is 6.19. The summed E-state index contributed by atoms with van der Waals surface area (Å²) >= 11 is 8.01. The zero-order valence-electron chi connectivity index (χ0n) is 12.3. The van der Waals surface area contributed by atoms with Crippen molar-refractivity contribution in [2.45, 2.75) is 44.8 Å². The van der Waals surface area contributed by atoms with E-state index in [1.54, 1.807) is 0 Å². The summed E-state index contributed by atoms with van der Waals surface area (Å²) in [6.07, 6.45) is 3.43. The van der Waals surface area contributed by atoms with E-state index >= 15 is 0 Å². The van der Waals surface area contributed by atoms with Crippen molar-refractivity contribution in [3.63, 3.8) is 0 Å². The smallest absolute Gasteiger partial charge is 0.0526 e. The lowest BCUT2D eigenvalue weighted by atomic mass is 10.0. The number of thiophene rings is 1. The summed E-state index contributed by atoms with van der Waals surface area (Å²) in [4.78, 5) is 3.93. The van der Waals surface area contributed by atoms with Gasteiger partial charge in [-0.1, -0.05) is 17.7 Å². The molecule has 2 aromatic rings.